The summed E-state index contributed by atoms with van der Waals surface area (Å²) >= 11 is 0. The SMILES string of the molecule is [2H]c1c([2H])c(-c2nc(-c3ccccc3)nc(-c3ccc(-c4ccc(-c5ccccc5)cc4)cc3)n2)c([2H])c(-c2c([2H])c([2H])c([2H])c3c2oc2c([2H])c([2H])c([2H])c([2H])c23)c1[2H]. The van der Waals surface area contributed by atoms with Gasteiger partial charge in [0.1, 0.15) is 11.2 Å². The monoisotopic (exact) mass is 638 g/mol. The van der Waals surface area contributed by atoms with Gasteiger partial charge in [0.2, 0.25) is 0 Å². The summed E-state index contributed by atoms with van der Waals surface area (Å²) in [7, 11) is 0. The predicted octanol–water partition coefficient (Wildman–Crippen LogP) is 11.8. The molecule has 0 radical (unpaired) electrons. The second-order valence-electron chi connectivity index (χ2n) is 11.2. The van der Waals surface area contributed by atoms with Crippen molar-refractivity contribution in [1.29, 1.82) is 0 Å². The van der Waals surface area contributed by atoms with E-state index < -0.39 is 72.0 Å². The molecule has 230 valence electrons. The molecule has 2 heterocycles. The van der Waals surface area contributed by atoms with Crippen molar-refractivity contribution in [1.82, 2.24) is 15.0 Å². The summed E-state index contributed by atoms with van der Waals surface area (Å²) in [6.45, 7) is 0. The van der Waals surface area contributed by atoms with Crippen LogP contribution in [-0.2, 0) is 0 Å². The van der Waals surface area contributed by atoms with Crippen LogP contribution in [0.4, 0.5) is 0 Å². The van der Waals surface area contributed by atoms with Crippen molar-refractivity contribution >= 4 is 21.9 Å². The molecule has 0 fully saturated rings. The van der Waals surface area contributed by atoms with Crippen LogP contribution in [0.15, 0.2) is 180 Å². The number of aromatic nitrogens is 3. The first-order valence-corrected chi connectivity index (χ1v) is 15.5. The Morgan fingerprint density at radius 3 is 1.51 bits per heavy atom. The molecule has 7 aromatic carbocycles. The second-order valence-corrected chi connectivity index (χ2v) is 11.2. The lowest BCUT2D eigenvalue weighted by Crippen LogP contribution is -2.00. The van der Waals surface area contributed by atoms with Crippen LogP contribution in [0, 0.1) is 0 Å². The highest BCUT2D eigenvalue weighted by atomic mass is 16.3. The molecule has 2 aromatic heterocycles. The average Bonchev–Trinajstić information content (AvgIpc) is 3.69. The molecular weight excluding hydrogens is 599 g/mol. The van der Waals surface area contributed by atoms with E-state index in [-0.39, 0.29) is 50.5 Å². The molecule has 4 heteroatoms. The third-order valence-corrected chi connectivity index (χ3v) is 8.17. The largest absolute Gasteiger partial charge is 0.455 e. The molecule has 49 heavy (non-hydrogen) atoms. The normalized spacial score (nSPS) is 14.4. The summed E-state index contributed by atoms with van der Waals surface area (Å²) in [6, 6.07) is 28.4. The van der Waals surface area contributed by atoms with Gasteiger partial charge in [0.25, 0.3) is 0 Å². The fourth-order valence-electron chi connectivity index (χ4n) is 5.72. The molecular formula is C45H29N3O. The Labute approximate surface area is 299 Å². The van der Waals surface area contributed by atoms with E-state index in [0.29, 0.717) is 11.1 Å². The first-order valence-electron chi connectivity index (χ1n) is 21.0. The highest BCUT2D eigenvalue weighted by Crippen LogP contribution is 2.37. The van der Waals surface area contributed by atoms with Crippen molar-refractivity contribution in [2.24, 2.45) is 0 Å². The van der Waals surface area contributed by atoms with Crippen molar-refractivity contribution in [2.45, 2.75) is 0 Å². The van der Waals surface area contributed by atoms with Gasteiger partial charge in [0.05, 0.1) is 15.1 Å². The zero-order valence-electron chi connectivity index (χ0n) is 36.6. The number of furan rings is 1. The van der Waals surface area contributed by atoms with Gasteiger partial charge in [0, 0.05) is 33.0 Å². The van der Waals surface area contributed by atoms with Crippen LogP contribution >= 0.6 is 0 Å². The number of rotatable bonds is 6. The van der Waals surface area contributed by atoms with Crippen molar-refractivity contribution in [3.05, 3.63) is 176 Å². The molecule has 9 rings (SSSR count). The van der Waals surface area contributed by atoms with E-state index in [9.17, 15) is 1.37 Å². The Hall–Kier alpha value is -6.65. The van der Waals surface area contributed by atoms with Crippen LogP contribution in [0.3, 0.4) is 0 Å². The number of fused-ring (bicyclic) bond motifs is 3. The summed E-state index contributed by atoms with van der Waals surface area (Å²) in [5.74, 6) is 0.233. The minimum atomic E-state index is -0.654. The molecule has 0 N–H and O–H groups in total. The van der Waals surface area contributed by atoms with E-state index in [0.717, 1.165) is 22.3 Å². The van der Waals surface area contributed by atoms with E-state index in [1.54, 1.807) is 24.3 Å². The molecule has 0 unspecified atom stereocenters. The van der Waals surface area contributed by atoms with E-state index >= 15 is 0 Å². The van der Waals surface area contributed by atoms with Crippen LogP contribution in [0.2, 0.25) is 0 Å². The summed E-state index contributed by atoms with van der Waals surface area (Å²) in [4.78, 5) is 14.2. The molecule has 0 aliphatic heterocycles. The lowest BCUT2D eigenvalue weighted by atomic mass is 9.99. The standard InChI is InChI=1S/C45H29N3O/c1-3-11-30(12-4-1)31-21-23-32(24-22-31)33-25-27-35(28-26-33)44-46-43(34-13-5-2-6-14-34)47-45(48-44)37-16-9-15-36(29-37)38-18-10-19-40-39-17-7-8-20-41(39)49-42(38)40/h1-29H/i7D,8D,9D,10D,15D,16D,17D,18D,19D,20D,29D. The Morgan fingerprint density at radius 1 is 0.388 bits per heavy atom. The number of hydrogen-bond donors (Lipinski definition) is 0. The van der Waals surface area contributed by atoms with Gasteiger partial charge in [-0.05, 0) is 39.9 Å². The highest BCUT2D eigenvalue weighted by Gasteiger charge is 2.16. The van der Waals surface area contributed by atoms with Crippen LogP contribution < -0.4 is 0 Å². The topological polar surface area (TPSA) is 51.8 Å². The van der Waals surface area contributed by atoms with E-state index in [4.69, 9.17) is 28.1 Å². The minimum absolute atomic E-state index is 0.167. The average molecular weight is 639 g/mol. The van der Waals surface area contributed by atoms with E-state index in [2.05, 4.69) is 29.2 Å². The first kappa shape index (κ1) is 19.2. The van der Waals surface area contributed by atoms with Crippen molar-refractivity contribution in [3.63, 3.8) is 0 Å². The Bertz CT molecular complexity index is 3200. The maximum absolute atomic E-state index is 9.54. The molecule has 0 spiro atoms. The molecule has 0 saturated carbocycles. The Kier molecular flexibility index (Phi) is 4.78. The number of para-hydroxylation sites is 2. The van der Waals surface area contributed by atoms with Gasteiger partial charge in [-0.2, -0.15) is 0 Å². The van der Waals surface area contributed by atoms with Gasteiger partial charge in [-0.3, -0.25) is 0 Å². The van der Waals surface area contributed by atoms with E-state index in [1.165, 1.54) is 0 Å². The zero-order chi connectivity index (χ0) is 42.1. The molecule has 0 amide bonds. The molecule has 0 atom stereocenters. The minimum Gasteiger partial charge on any atom is -0.455 e. The summed E-state index contributed by atoms with van der Waals surface area (Å²) in [5, 5.41) is -0.402. The lowest BCUT2D eigenvalue weighted by Gasteiger charge is -2.10. The summed E-state index contributed by atoms with van der Waals surface area (Å²) in [6.07, 6.45) is 0. The maximum atomic E-state index is 9.54. The van der Waals surface area contributed by atoms with Gasteiger partial charge < -0.3 is 4.42 Å². The van der Waals surface area contributed by atoms with Gasteiger partial charge >= 0.3 is 0 Å². The predicted molar refractivity (Wildman–Crippen MR) is 200 cm³/mol. The van der Waals surface area contributed by atoms with Crippen LogP contribution in [-0.4, -0.2) is 15.0 Å². The molecule has 0 aliphatic rings. The zero-order valence-corrected chi connectivity index (χ0v) is 25.6. The fourth-order valence-corrected chi connectivity index (χ4v) is 5.72. The van der Waals surface area contributed by atoms with E-state index in [1.807, 2.05) is 60.7 Å². The molecule has 4 nitrogen and oxygen atoms in total. The van der Waals surface area contributed by atoms with Crippen molar-refractivity contribution in [3.8, 4) is 67.5 Å². The smallest absolute Gasteiger partial charge is 0.164 e. The Balaban J connectivity index is 1.23. The highest BCUT2D eigenvalue weighted by molar-refractivity contribution is 6.09. The Morgan fingerprint density at radius 2 is 0.857 bits per heavy atom. The maximum Gasteiger partial charge on any atom is 0.164 e. The number of nitrogens with zero attached hydrogens (tertiary/aromatic N) is 3. The van der Waals surface area contributed by atoms with Gasteiger partial charge in [-0.1, -0.05) is 164 Å². The number of hydrogen-bond acceptors (Lipinski definition) is 4. The van der Waals surface area contributed by atoms with Crippen LogP contribution in [0.5, 0.6) is 0 Å². The van der Waals surface area contributed by atoms with Crippen LogP contribution in [0.1, 0.15) is 15.1 Å². The third kappa shape index (κ3) is 5.45. The summed E-state index contributed by atoms with van der Waals surface area (Å²) in [5.41, 5.74) is 3.64. The molecule has 0 bridgehead atoms. The summed E-state index contributed by atoms with van der Waals surface area (Å²) < 4.78 is 102. The fraction of sp³-hybridized carbons (Fsp3) is 0. The second kappa shape index (κ2) is 12.2. The van der Waals surface area contributed by atoms with Crippen molar-refractivity contribution < 1.29 is 19.5 Å². The quantitative estimate of drug-likeness (QED) is 0.182. The molecule has 0 aliphatic carbocycles. The lowest BCUT2D eigenvalue weighted by molar-refractivity contribution is 0.670. The number of benzene rings is 7. The van der Waals surface area contributed by atoms with Gasteiger partial charge in [-0.25, -0.2) is 15.0 Å². The molecule has 9 aromatic rings. The van der Waals surface area contributed by atoms with Gasteiger partial charge in [-0.15, -0.1) is 0 Å². The van der Waals surface area contributed by atoms with Crippen LogP contribution in [0.25, 0.3) is 89.5 Å². The molecule has 0 saturated heterocycles. The van der Waals surface area contributed by atoms with Gasteiger partial charge in [0.15, 0.2) is 17.5 Å². The first-order chi connectivity index (χ1) is 28.8. The third-order valence-electron chi connectivity index (χ3n) is 8.17. The van der Waals surface area contributed by atoms with Crippen molar-refractivity contribution in [2.75, 3.05) is 0 Å².